The summed E-state index contributed by atoms with van der Waals surface area (Å²) >= 11 is 0. The first kappa shape index (κ1) is 26.5. The normalized spacial score (nSPS) is 18.9. The number of piperazine rings is 2. The second-order valence-corrected chi connectivity index (χ2v) is 10.5. The molecule has 8 heteroatoms. The minimum atomic E-state index is 0.0270. The summed E-state index contributed by atoms with van der Waals surface area (Å²) < 4.78 is 5.97. The number of hydrogen-bond donors (Lipinski definition) is 1. The molecule has 3 heterocycles. The fourth-order valence-electron chi connectivity index (χ4n) is 5.57. The number of carbonyl (C=O) groups is 2. The zero-order valence-electron chi connectivity index (χ0n) is 22.4. The quantitative estimate of drug-likeness (QED) is 0.541. The van der Waals surface area contributed by atoms with E-state index in [-0.39, 0.29) is 11.8 Å². The molecule has 3 aliphatic heterocycles. The highest BCUT2D eigenvalue weighted by Gasteiger charge is 2.23. The number of ether oxygens (including phenoxy) is 1. The average Bonchev–Trinajstić information content (AvgIpc) is 3.00. The molecule has 0 bridgehead atoms. The number of piperidine rings is 1. The van der Waals surface area contributed by atoms with Crippen molar-refractivity contribution < 1.29 is 14.3 Å². The predicted molar refractivity (Wildman–Crippen MR) is 150 cm³/mol. The molecule has 1 N–H and O–H groups in total. The lowest BCUT2D eigenvalue weighted by atomic mass is 10.1. The number of amides is 2. The number of nitrogens with one attached hydrogen (secondary N) is 1. The Hall–Kier alpha value is -3.10. The molecule has 3 saturated heterocycles. The molecule has 0 unspecified atom stereocenters. The van der Waals surface area contributed by atoms with E-state index in [1.54, 1.807) is 24.3 Å². The third-order valence-corrected chi connectivity index (χ3v) is 7.89. The SMILES string of the molecule is O=C(c1ccc(C(=O)N2CCN(c3ccc(OCCCN4CCCCC4)cc3)CC2)cc1)N1CCNCC1. The van der Waals surface area contributed by atoms with Crippen LogP contribution in [0, 0.1) is 0 Å². The van der Waals surface area contributed by atoms with E-state index >= 15 is 0 Å². The number of anilines is 1. The van der Waals surface area contributed by atoms with Crippen LogP contribution in [0.4, 0.5) is 5.69 Å². The highest BCUT2D eigenvalue weighted by atomic mass is 16.5. The van der Waals surface area contributed by atoms with E-state index in [9.17, 15) is 9.59 Å². The molecule has 5 rings (SSSR count). The molecule has 38 heavy (non-hydrogen) atoms. The number of likely N-dealkylation sites (tertiary alicyclic amines) is 1. The van der Waals surface area contributed by atoms with Crippen LogP contribution in [0.15, 0.2) is 48.5 Å². The van der Waals surface area contributed by atoms with Gasteiger partial charge in [0.05, 0.1) is 6.61 Å². The average molecular weight is 520 g/mol. The minimum absolute atomic E-state index is 0.0270. The van der Waals surface area contributed by atoms with Crippen LogP contribution in [0.2, 0.25) is 0 Å². The smallest absolute Gasteiger partial charge is 0.253 e. The Labute approximate surface area is 226 Å². The maximum absolute atomic E-state index is 13.1. The van der Waals surface area contributed by atoms with Crippen LogP contribution >= 0.6 is 0 Å². The number of benzene rings is 2. The maximum Gasteiger partial charge on any atom is 0.253 e. The molecule has 3 aliphatic rings. The number of nitrogens with zero attached hydrogens (tertiary/aromatic N) is 4. The van der Waals surface area contributed by atoms with E-state index in [4.69, 9.17) is 4.74 Å². The van der Waals surface area contributed by atoms with Crippen LogP contribution in [0.5, 0.6) is 5.75 Å². The van der Waals surface area contributed by atoms with Crippen molar-refractivity contribution >= 4 is 17.5 Å². The maximum atomic E-state index is 13.1. The van der Waals surface area contributed by atoms with Crippen molar-refractivity contribution in [1.82, 2.24) is 20.0 Å². The molecule has 0 spiro atoms. The van der Waals surface area contributed by atoms with Gasteiger partial charge in [-0.25, -0.2) is 0 Å². The highest BCUT2D eigenvalue weighted by Crippen LogP contribution is 2.22. The molecule has 204 valence electrons. The summed E-state index contributed by atoms with van der Waals surface area (Å²) in [6, 6.07) is 15.5. The largest absolute Gasteiger partial charge is 0.494 e. The highest BCUT2D eigenvalue weighted by molar-refractivity contribution is 5.98. The second kappa shape index (κ2) is 13.1. The van der Waals surface area contributed by atoms with Crippen molar-refractivity contribution in [3.05, 3.63) is 59.7 Å². The Morgan fingerprint density at radius 1 is 0.684 bits per heavy atom. The third-order valence-electron chi connectivity index (χ3n) is 7.89. The van der Waals surface area contributed by atoms with E-state index in [0.717, 1.165) is 70.3 Å². The molecule has 0 radical (unpaired) electrons. The van der Waals surface area contributed by atoms with Crippen molar-refractivity contribution in [2.75, 3.05) is 83.5 Å². The van der Waals surface area contributed by atoms with E-state index in [1.165, 1.54) is 32.4 Å². The Morgan fingerprint density at radius 2 is 1.26 bits per heavy atom. The first-order chi connectivity index (χ1) is 18.7. The summed E-state index contributed by atoms with van der Waals surface area (Å²) in [7, 11) is 0. The third kappa shape index (κ3) is 6.85. The lowest BCUT2D eigenvalue weighted by Crippen LogP contribution is -2.48. The van der Waals surface area contributed by atoms with Gasteiger partial charge in [0.15, 0.2) is 0 Å². The fraction of sp³-hybridized carbons (Fsp3) is 0.533. The van der Waals surface area contributed by atoms with Gasteiger partial charge in [-0.1, -0.05) is 6.42 Å². The van der Waals surface area contributed by atoms with Crippen molar-refractivity contribution in [3.8, 4) is 5.75 Å². The standard InChI is InChI=1S/C30H41N5O3/c36-29(34-18-13-31-14-19-34)25-5-7-26(8-6-25)30(37)35-22-20-33(21-23-35)27-9-11-28(12-10-27)38-24-4-17-32-15-2-1-3-16-32/h5-12,31H,1-4,13-24H2. The molecule has 0 saturated carbocycles. The van der Waals surface area contributed by atoms with Crippen molar-refractivity contribution in [2.45, 2.75) is 25.7 Å². The van der Waals surface area contributed by atoms with E-state index in [1.807, 2.05) is 9.80 Å². The molecule has 8 nitrogen and oxygen atoms in total. The van der Waals surface area contributed by atoms with Crippen molar-refractivity contribution in [2.24, 2.45) is 0 Å². The van der Waals surface area contributed by atoms with Crippen LogP contribution in [-0.2, 0) is 0 Å². The Morgan fingerprint density at radius 3 is 1.87 bits per heavy atom. The number of carbonyl (C=O) groups excluding carboxylic acids is 2. The van der Waals surface area contributed by atoms with Crippen LogP contribution in [0.1, 0.15) is 46.4 Å². The van der Waals surface area contributed by atoms with Gasteiger partial charge >= 0.3 is 0 Å². The van der Waals surface area contributed by atoms with Gasteiger partial charge in [-0.3, -0.25) is 9.59 Å². The van der Waals surface area contributed by atoms with E-state index in [2.05, 4.69) is 39.4 Å². The van der Waals surface area contributed by atoms with Gasteiger partial charge in [-0.15, -0.1) is 0 Å². The molecule has 2 aromatic rings. The Bertz CT molecular complexity index is 1040. The summed E-state index contributed by atoms with van der Waals surface area (Å²) in [5.41, 5.74) is 2.44. The monoisotopic (exact) mass is 519 g/mol. The van der Waals surface area contributed by atoms with Crippen LogP contribution in [0.25, 0.3) is 0 Å². The molecular formula is C30H41N5O3. The van der Waals surface area contributed by atoms with Gasteiger partial charge in [-0.05, 0) is 80.9 Å². The fourth-order valence-corrected chi connectivity index (χ4v) is 5.57. The molecule has 2 aromatic carbocycles. The van der Waals surface area contributed by atoms with Gasteiger partial charge in [0, 0.05) is 75.7 Å². The molecule has 2 amide bonds. The molecule has 3 fully saturated rings. The minimum Gasteiger partial charge on any atom is -0.494 e. The van der Waals surface area contributed by atoms with Crippen LogP contribution < -0.4 is 15.0 Å². The zero-order chi connectivity index (χ0) is 26.2. The topological polar surface area (TPSA) is 68.4 Å². The lowest BCUT2D eigenvalue weighted by molar-refractivity contribution is 0.0728. The molecule has 0 atom stereocenters. The summed E-state index contributed by atoms with van der Waals surface area (Å²) in [6.45, 7) is 10.4. The molecular weight excluding hydrogens is 478 g/mol. The van der Waals surface area contributed by atoms with Gasteiger partial charge < -0.3 is 29.7 Å². The molecule has 0 aromatic heterocycles. The first-order valence-electron chi connectivity index (χ1n) is 14.3. The molecule has 0 aliphatic carbocycles. The summed E-state index contributed by atoms with van der Waals surface area (Å²) in [5, 5.41) is 3.26. The first-order valence-corrected chi connectivity index (χ1v) is 14.3. The van der Waals surface area contributed by atoms with E-state index < -0.39 is 0 Å². The summed E-state index contributed by atoms with van der Waals surface area (Å²) in [4.78, 5) is 34.4. The van der Waals surface area contributed by atoms with Crippen LogP contribution in [0.3, 0.4) is 0 Å². The Kier molecular flexibility index (Phi) is 9.15. The van der Waals surface area contributed by atoms with Crippen molar-refractivity contribution in [1.29, 1.82) is 0 Å². The van der Waals surface area contributed by atoms with E-state index in [0.29, 0.717) is 24.2 Å². The van der Waals surface area contributed by atoms with Gasteiger partial charge in [0.1, 0.15) is 5.75 Å². The summed E-state index contributed by atoms with van der Waals surface area (Å²) in [5.74, 6) is 0.979. The van der Waals surface area contributed by atoms with Gasteiger partial charge in [-0.2, -0.15) is 0 Å². The lowest BCUT2D eigenvalue weighted by Gasteiger charge is -2.36. The Balaban J connectivity index is 1.05. The predicted octanol–water partition coefficient (Wildman–Crippen LogP) is 2.95. The van der Waals surface area contributed by atoms with Crippen LogP contribution in [-0.4, -0.2) is 105 Å². The number of rotatable bonds is 8. The van der Waals surface area contributed by atoms with Gasteiger partial charge in [0.2, 0.25) is 0 Å². The zero-order valence-corrected chi connectivity index (χ0v) is 22.4. The second-order valence-electron chi connectivity index (χ2n) is 10.5. The van der Waals surface area contributed by atoms with Gasteiger partial charge in [0.25, 0.3) is 11.8 Å². The van der Waals surface area contributed by atoms with Crippen molar-refractivity contribution in [3.63, 3.8) is 0 Å². The summed E-state index contributed by atoms with van der Waals surface area (Å²) in [6.07, 6.45) is 5.10. The number of hydrogen-bond acceptors (Lipinski definition) is 6.